The third-order valence-corrected chi connectivity index (χ3v) is 2.21. The minimum absolute atomic E-state index is 0.610. The summed E-state index contributed by atoms with van der Waals surface area (Å²) in [5.74, 6) is 0. The molecule has 2 rings (SSSR count). The zero-order valence-electron chi connectivity index (χ0n) is 6.50. The van der Waals surface area contributed by atoms with E-state index >= 15 is 0 Å². The molecule has 1 heterocycles. The van der Waals surface area contributed by atoms with Crippen molar-refractivity contribution < 1.29 is 4.52 Å². The average Bonchev–Trinajstić information content (AvgIpc) is 2.61. The lowest BCUT2D eigenvalue weighted by atomic mass is 10.1. The molecule has 4 heteroatoms. The van der Waals surface area contributed by atoms with Crippen LogP contribution in [0.4, 0.5) is 0 Å². The van der Waals surface area contributed by atoms with E-state index < -0.39 is 0 Å². The van der Waals surface area contributed by atoms with Gasteiger partial charge in [0.2, 0.25) is 0 Å². The number of hydrogen-bond donors (Lipinski definition) is 0. The molecule has 0 N–H and O–H groups in total. The van der Waals surface area contributed by atoms with Crippen LogP contribution in [0.25, 0.3) is 11.3 Å². The van der Waals surface area contributed by atoms with E-state index in [4.69, 9.17) is 27.7 Å². The van der Waals surface area contributed by atoms with Gasteiger partial charge in [0.05, 0.1) is 5.02 Å². The quantitative estimate of drug-likeness (QED) is 0.723. The highest BCUT2D eigenvalue weighted by molar-refractivity contribution is 6.35. The monoisotopic (exact) mass is 213 g/mol. The number of aromatic nitrogens is 1. The molecular weight excluding hydrogens is 209 g/mol. The molecule has 2 aromatic rings. The summed E-state index contributed by atoms with van der Waals surface area (Å²) < 4.78 is 4.71. The zero-order chi connectivity index (χ0) is 9.26. The molecule has 0 aliphatic heterocycles. The van der Waals surface area contributed by atoms with Gasteiger partial charge in [-0.3, -0.25) is 0 Å². The summed E-state index contributed by atoms with van der Waals surface area (Å²) in [6.07, 6.45) is 1.49. The second-order valence-electron chi connectivity index (χ2n) is 2.51. The Hall–Kier alpha value is -0.990. The molecule has 0 amide bonds. The van der Waals surface area contributed by atoms with Crippen molar-refractivity contribution in [2.24, 2.45) is 0 Å². The molecule has 66 valence electrons. The van der Waals surface area contributed by atoms with Crippen LogP contribution >= 0.6 is 23.2 Å². The van der Waals surface area contributed by atoms with E-state index in [0.29, 0.717) is 15.7 Å². The van der Waals surface area contributed by atoms with E-state index in [0.717, 1.165) is 5.56 Å². The van der Waals surface area contributed by atoms with Crippen molar-refractivity contribution >= 4 is 23.2 Å². The van der Waals surface area contributed by atoms with Gasteiger partial charge in [0, 0.05) is 16.7 Å². The number of halogens is 2. The smallest absolute Gasteiger partial charge is 0.124 e. The van der Waals surface area contributed by atoms with Gasteiger partial charge >= 0.3 is 0 Å². The molecule has 0 saturated carbocycles. The SMILES string of the molecule is Clc1ccc(Cl)c(-c2ccon2)c1. The van der Waals surface area contributed by atoms with Crippen molar-refractivity contribution in [3.8, 4) is 11.3 Å². The number of nitrogens with zero attached hydrogens (tertiary/aromatic N) is 1. The molecule has 0 aliphatic rings. The normalized spacial score (nSPS) is 10.3. The molecule has 0 bridgehead atoms. The van der Waals surface area contributed by atoms with Crippen LogP contribution in [0, 0.1) is 0 Å². The second kappa shape index (κ2) is 3.40. The van der Waals surface area contributed by atoms with Crippen LogP contribution in [0.1, 0.15) is 0 Å². The molecule has 0 radical (unpaired) electrons. The first-order valence-corrected chi connectivity index (χ1v) is 4.39. The minimum Gasteiger partial charge on any atom is -0.364 e. The van der Waals surface area contributed by atoms with Crippen molar-refractivity contribution in [2.75, 3.05) is 0 Å². The second-order valence-corrected chi connectivity index (χ2v) is 3.35. The maximum Gasteiger partial charge on any atom is 0.124 e. The molecule has 0 spiro atoms. The van der Waals surface area contributed by atoms with E-state index in [9.17, 15) is 0 Å². The Balaban J connectivity index is 2.57. The summed E-state index contributed by atoms with van der Waals surface area (Å²) in [6.45, 7) is 0. The molecular formula is C9H5Cl2NO. The van der Waals surface area contributed by atoms with Crippen LogP contribution in [0.15, 0.2) is 35.1 Å². The van der Waals surface area contributed by atoms with Crippen molar-refractivity contribution in [3.05, 3.63) is 40.6 Å². The van der Waals surface area contributed by atoms with E-state index in [1.165, 1.54) is 6.26 Å². The molecule has 0 saturated heterocycles. The highest BCUT2D eigenvalue weighted by atomic mass is 35.5. The van der Waals surface area contributed by atoms with Crippen molar-refractivity contribution in [3.63, 3.8) is 0 Å². The Labute approximate surface area is 85.1 Å². The topological polar surface area (TPSA) is 26.0 Å². The van der Waals surface area contributed by atoms with Crippen molar-refractivity contribution in [1.82, 2.24) is 5.16 Å². The van der Waals surface area contributed by atoms with Gasteiger partial charge < -0.3 is 4.52 Å². The first-order valence-electron chi connectivity index (χ1n) is 3.63. The average molecular weight is 214 g/mol. The van der Waals surface area contributed by atoms with Crippen LogP contribution < -0.4 is 0 Å². The maximum atomic E-state index is 5.95. The summed E-state index contributed by atoms with van der Waals surface area (Å²) in [5.41, 5.74) is 1.47. The summed E-state index contributed by atoms with van der Waals surface area (Å²) in [6, 6.07) is 6.95. The lowest BCUT2D eigenvalue weighted by Crippen LogP contribution is -1.78. The standard InChI is InChI=1S/C9H5Cl2NO/c10-6-1-2-8(11)7(5-6)9-3-4-13-12-9/h1-5H. The summed E-state index contributed by atoms with van der Waals surface area (Å²) in [7, 11) is 0. The Morgan fingerprint density at radius 2 is 2.00 bits per heavy atom. The van der Waals surface area contributed by atoms with E-state index in [1.807, 2.05) is 0 Å². The fourth-order valence-corrected chi connectivity index (χ4v) is 1.43. The maximum absolute atomic E-state index is 5.95. The predicted octanol–water partition coefficient (Wildman–Crippen LogP) is 3.65. The van der Waals surface area contributed by atoms with Crippen molar-refractivity contribution in [2.45, 2.75) is 0 Å². The summed E-state index contributed by atoms with van der Waals surface area (Å²) in [4.78, 5) is 0. The largest absolute Gasteiger partial charge is 0.364 e. The summed E-state index contributed by atoms with van der Waals surface area (Å²) >= 11 is 11.8. The zero-order valence-corrected chi connectivity index (χ0v) is 8.01. The highest BCUT2D eigenvalue weighted by Gasteiger charge is 2.06. The third-order valence-electron chi connectivity index (χ3n) is 1.64. The fraction of sp³-hybridized carbons (Fsp3) is 0. The first-order chi connectivity index (χ1) is 6.27. The molecule has 0 unspecified atom stereocenters. The first kappa shape index (κ1) is 8.60. The molecule has 0 aliphatic carbocycles. The molecule has 1 aromatic heterocycles. The minimum atomic E-state index is 0.610. The molecule has 2 nitrogen and oxygen atoms in total. The van der Waals surface area contributed by atoms with Gasteiger partial charge in [0.1, 0.15) is 12.0 Å². The summed E-state index contributed by atoms with van der Waals surface area (Å²) in [5, 5.41) is 5.01. The number of rotatable bonds is 1. The van der Waals surface area contributed by atoms with Gasteiger partial charge in [-0.2, -0.15) is 0 Å². The van der Waals surface area contributed by atoms with Gasteiger partial charge in [-0.1, -0.05) is 28.4 Å². The number of benzene rings is 1. The fourth-order valence-electron chi connectivity index (χ4n) is 1.05. The Morgan fingerprint density at radius 1 is 1.15 bits per heavy atom. The van der Waals surface area contributed by atoms with Gasteiger partial charge in [0.15, 0.2) is 0 Å². The molecule has 0 atom stereocenters. The molecule has 1 aromatic carbocycles. The lowest BCUT2D eigenvalue weighted by molar-refractivity contribution is 0.422. The van der Waals surface area contributed by atoms with Gasteiger partial charge in [-0.25, -0.2) is 0 Å². The van der Waals surface area contributed by atoms with Crippen LogP contribution in [0.2, 0.25) is 10.0 Å². The van der Waals surface area contributed by atoms with Crippen LogP contribution in [-0.2, 0) is 0 Å². The molecule has 13 heavy (non-hydrogen) atoms. The van der Waals surface area contributed by atoms with Crippen LogP contribution in [-0.4, -0.2) is 5.16 Å². The molecule has 0 fully saturated rings. The lowest BCUT2D eigenvalue weighted by Gasteiger charge is -1.99. The van der Waals surface area contributed by atoms with E-state index in [2.05, 4.69) is 5.16 Å². The van der Waals surface area contributed by atoms with Gasteiger partial charge in [-0.15, -0.1) is 0 Å². The van der Waals surface area contributed by atoms with Crippen molar-refractivity contribution in [1.29, 1.82) is 0 Å². The Morgan fingerprint density at radius 3 is 2.69 bits per heavy atom. The number of hydrogen-bond acceptors (Lipinski definition) is 2. The predicted molar refractivity (Wildman–Crippen MR) is 52.0 cm³/mol. The van der Waals surface area contributed by atoms with Gasteiger partial charge in [0.25, 0.3) is 0 Å². The Bertz CT molecular complexity index is 412. The van der Waals surface area contributed by atoms with Crippen LogP contribution in [0.5, 0.6) is 0 Å². The van der Waals surface area contributed by atoms with E-state index in [-0.39, 0.29) is 0 Å². The van der Waals surface area contributed by atoms with Gasteiger partial charge in [-0.05, 0) is 18.2 Å². The third kappa shape index (κ3) is 1.69. The Kier molecular flexibility index (Phi) is 2.25. The highest BCUT2D eigenvalue weighted by Crippen LogP contribution is 2.28. The van der Waals surface area contributed by atoms with E-state index in [1.54, 1.807) is 24.3 Å². The van der Waals surface area contributed by atoms with Crippen LogP contribution in [0.3, 0.4) is 0 Å².